The molecule has 0 amide bonds. The van der Waals surface area contributed by atoms with E-state index in [0.29, 0.717) is 12.3 Å². The molecule has 4 atom stereocenters. The van der Waals surface area contributed by atoms with E-state index in [0.717, 1.165) is 34.5 Å². The minimum absolute atomic E-state index is 0. The van der Waals surface area contributed by atoms with E-state index in [1.165, 1.54) is 38.2 Å². The zero-order valence-corrected chi connectivity index (χ0v) is 21.6. The van der Waals surface area contributed by atoms with Gasteiger partial charge in [0.2, 0.25) is 0 Å². The number of esters is 1. The summed E-state index contributed by atoms with van der Waals surface area (Å²) in [6.07, 6.45) is 12.9. The van der Waals surface area contributed by atoms with Crippen molar-refractivity contribution in [1.82, 2.24) is 4.98 Å². The van der Waals surface area contributed by atoms with Crippen molar-refractivity contribution in [2.45, 2.75) is 101 Å². The molecule has 32 heavy (non-hydrogen) atoms. The lowest BCUT2D eigenvalue weighted by Crippen LogP contribution is -2.17. The van der Waals surface area contributed by atoms with Crippen LogP contribution in [-0.2, 0) is 9.53 Å². The van der Waals surface area contributed by atoms with Gasteiger partial charge in [0, 0.05) is 20.2 Å². The van der Waals surface area contributed by atoms with Crippen LogP contribution in [0.4, 0.5) is 0 Å². The summed E-state index contributed by atoms with van der Waals surface area (Å²) in [5.41, 5.74) is 3.33. The molecule has 1 unspecified atom stereocenters. The molecular weight excluding hydrogens is 414 g/mol. The van der Waals surface area contributed by atoms with E-state index in [1.54, 1.807) is 11.3 Å². The lowest BCUT2D eigenvalue weighted by Gasteiger charge is -2.22. The Morgan fingerprint density at radius 2 is 1.91 bits per heavy atom. The molecule has 0 aliphatic rings. The number of carbonyl (C=O) groups is 1. The van der Waals surface area contributed by atoms with Gasteiger partial charge in [0.05, 0.1) is 10.7 Å². The maximum atomic E-state index is 11.6. The average molecular weight is 464 g/mol. The molecule has 0 aromatic carbocycles. The predicted octanol–water partition coefficient (Wildman–Crippen LogP) is 9.05. The standard InChI is InChI=1S/C27H43NO2S.CH4.H2/c1-9-19(2)16-22(5)21(4)13-11-10-12-20(3)14-15-27(30-25(8)29)23(6)17-26-18-31-24(7)28-26;;/h9,14,17-19,21-22,27H,1,10-13,15-16H2,2-8H3;1H4;1H/b20-14-,23-17+;;/t19-,21+,22+,27?;;/m1../s1. The Kier molecular flexibility index (Phi) is 15.2. The second kappa shape index (κ2) is 16.0. The number of unbranched alkanes of at least 4 members (excludes halogenated alkanes) is 1. The lowest BCUT2D eigenvalue weighted by atomic mass is 9.84. The Bertz CT molecular complexity index is 753. The van der Waals surface area contributed by atoms with Gasteiger partial charge in [-0.2, -0.15) is 0 Å². The quantitative estimate of drug-likeness (QED) is 0.157. The van der Waals surface area contributed by atoms with Gasteiger partial charge in [0.15, 0.2) is 0 Å². The van der Waals surface area contributed by atoms with Crippen LogP contribution in [0.5, 0.6) is 0 Å². The third-order valence-electron chi connectivity index (χ3n) is 6.11. The van der Waals surface area contributed by atoms with E-state index >= 15 is 0 Å². The molecule has 4 heteroatoms. The number of allylic oxidation sites excluding steroid dienone is 2. The van der Waals surface area contributed by atoms with Crippen molar-refractivity contribution < 1.29 is 11.0 Å². The molecule has 0 saturated carbocycles. The molecule has 1 aromatic heterocycles. The first-order valence-electron chi connectivity index (χ1n) is 11.7. The minimum atomic E-state index is -0.243. The third-order valence-corrected chi connectivity index (χ3v) is 6.90. The highest BCUT2D eigenvalue weighted by Gasteiger charge is 2.15. The second-order valence-corrected chi connectivity index (χ2v) is 10.3. The summed E-state index contributed by atoms with van der Waals surface area (Å²) in [4.78, 5) is 16.1. The van der Waals surface area contributed by atoms with E-state index in [9.17, 15) is 4.79 Å². The highest BCUT2D eigenvalue weighted by Crippen LogP contribution is 2.25. The lowest BCUT2D eigenvalue weighted by molar-refractivity contribution is -0.144. The van der Waals surface area contributed by atoms with Gasteiger partial charge >= 0.3 is 5.97 Å². The maximum Gasteiger partial charge on any atom is 0.303 e. The van der Waals surface area contributed by atoms with Gasteiger partial charge in [-0.15, -0.1) is 17.9 Å². The van der Waals surface area contributed by atoms with Gasteiger partial charge in [0.1, 0.15) is 6.10 Å². The van der Waals surface area contributed by atoms with Crippen molar-refractivity contribution in [3.05, 3.63) is 46.0 Å². The number of rotatable bonds is 14. The minimum Gasteiger partial charge on any atom is -0.458 e. The number of hydrogen-bond acceptors (Lipinski definition) is 4. The number of ether oxygens (including phenoxy) is 1. The summed E-state index contributed by atoms with van der Waals surface area (Å²) >= 11 is 1.63. The Hall–Kier alpha value is -1.68. The first kappa shape index (κ1) is 30.3. The van der Waals surface area contributed by atoms with Crippen LogP contribution >= 0.6 is 11.3 Å². The number of aromatic nitrogens is 1. The van der Waals surface area contributed by atoms with Gasteiger partial charge in [-0.05, 0) is 69.4 Å². The molecule has 0 N–H and O–H groups in total. The van der Waals surface area contributed by atoms with Gasteiger partial charge < -0.3 is 4.74 Å². The molecular formula is C28H49NO2S. The predicted molar refractivity (Wildman–Crippen MR) is 144 cm³/mol. The molecule has 3 nitrogen and oxygen atoms in total. The molecule has 0 saturated heterocycles. The molecule has 0 fully saturated rings. The zero-order valence-electron chi connectivity index (χ0n) is 20.7. The summed E-state index contributed by atoms with van der Waals surface area (Å²) in [6.45, 7) is 18.6. The highest BCUT2D eigenvalue weighted by atomic mass is 32.1. The van der Waals surface area contributed by atoms with Crippen LogP contribution in [0.15, 0.2) is 35.3 Å². The van der Waals surface area contributed by atoms with Crippen LogP contribution in [0.2, 0.25) is 0 Å². The number of nitrogens with zero attached hydrogens (tertiary/aromatic N) is 1. The molecule has 0 bridgehead atoms. The average Bonchev–Trinajstić information content (AvgIpc) is 3.12. The number of carbonyl (C=O) groups excluding carboxylic acids is 1. The number of aryl methyl sites for hydroxylation is 1. The summed E-state index contributed by atoms with van der Waals surface area (Å²) in [7, 11) is 0. The van der Waals surface area contributed by atoms with Crippen molar-refractivity contribution in [3.63, 3.8) is 0 Å². The van der Waals surface area contributed by atoms with Crippen molar-refractivity contribution >= 4 is 23.4 Å². The molecule has 0 aliphatic carbocycles. The number of thiazole rings is 1. The van der Waals surface area contributed by atoms with Gasteiger partial charge in [-0.3, -0.25) is 4.79 Å². The third kappa shape index (κ3) is 12.4. The highest BCUT2D eigenvalue weighted by molar-refractivity contribution is 7.09. The number of hydrogen-bond donors (Lipinski definition) is 0. The van der Waals surface area contributed by atoms with Crippen LogP contribution in [0.3, 0.4) is 0 Å². The molecule has 184 valence electrons. The smallest absolute Gasteiger partial charge is 0.303 e. The van der Waals surface area contributed by atoms with Gasteiger partial charge in [-0.1, -0.05) is 58.8 Å². The van der Waals surface area contributed by atoms with Crippen LogP contribution in [0.1, 0.15) is 99.6 Å². The Morgan fingerprint density at radius 1 is 1.22 bits per heavy atom. The molecule has 0 aliphatic heterocycles. The van der Waals surface area contributed by atoms with E-state index < -0.39 is 0 Å². The van der Waals surface area contributed by atoms with Crippen LogP contribution in [0.25, 0.3) is 6.08 Å². The fraction of sp³-hybridized carbons (Fsp3) is 0.643. The second-order valence-electron chi connectivity index (χ2n) is 9.21. The van der Waals surface area contributed by atoms with Gasteiger partial charge in [0.25, 0.3) is 0 Å². The fourth-order valence-corrected chi connectivity index (χ4v) is 4.35. The van der Waals surface area contributed by atoms with Crippen molar-refractivity contribution in [2.75, 3.05) is 0 Å². The Labute approximate surface area is 203 Å². The van der Waals surface area contributed by atoms with Crippen LogP contribution < -0.4 is 0 Å². The van der Waals surface area contributed by atoms with E-state index in [1.807, 2.05) is 25.3 Å². The van der Waals surface area contributed by atoms with E-state index in [-0.39, 0.29) is 20.9 Å². The Morgan fingerprint density at radius 3 is 2.47 bits per heavy atom. The Balaban J connectivity index is 0. The topological polar surface area (TPSA) is 39.2 Å². The normalized spacial score (nSPS) is 16.0. The largest absolute Gasteiger partial charge is 0.458 e. The van der Waals surface area contributed by atoms with Gasteiger partial charge in [-0.25, -0.2) is 4.98 Å². The van der Waals surface area contributed by atoms with E-state index in [4.69, 9.17) is 4.74 Å². The van der Waals surface area contributed by atoms with Crippen molar-refractivity contribution in [1.29, 1.82) is 0 Å². The van der Waals surface area contributed by atoms with E-state index in [2.05, 4.69) is 51.4 Å². The molecule has 1 aromatic rings. The van der Waals surface area contributed by atoms with Crippen LogP contribution in [-0.4, -0.2) is 17.1 Å². The summed E-state index contributed by atoms with van der Waals surface area (Å²) in [5, 5.41) is 3.07. The fourth-order valence-electron chi connectivity index (χ4n) is 3.78. The zero-order chi connectivity index (χ0) is 23.4. The SMILES string of the molecule is C.C=C[C@@H](C)C[C@H](C)[C@@H](C)CCCC/C(C)=C\CC(OC(C)=O)/C(C)=C/c1csc(C)n1.[HH]. The first-order valence-corrected chi connectivity index (χ1v) is 12.6. The first-order chi connectivity index (χ1) is 14.6. The molecule has 1 heterocycles. The summed E-state index contributed by atoms with van der Waals surface area (Å²) in [6, 6.07) is 0. The monoisotopic (exact) mass is 463 g/mol. The van der Waals surface area contributed by atoms with Crippen LogP contribution in [0, 0.1) is 24.7 Å². The van der Waals surface area contributed by atoms with Crippen molar-refractivity contribution in [3.8, 4) is 0 Å². The molecule has 0 spiro atoms. The maximum absolute atomic E-state index is 11.6. The van der Waals surface area contributed by atoms with Crippen molar-refractivity contribution in [2.24, 2.45) is 17.8 Å². The summed E-state index contributed by atoms with van der Waals surface area (Å²) < 4.78 is 5.58. The molecule has 0 radical (unpaired) electrons. The molecule has 1 rings (SSSR count). The summed E-state index contributed by atoms with van der Waals surface area (Å²) in [5.74, 6) is 1.85.